The van der Waals surface area contributed by atoms with Crippen molar-refractivity contribution in [3.63, 3.8) is 0 Å². The normalized spacial score (nSPS) is 10.1. The van der Waals surface area contributed by atoms with E-state index < -0.39 is 0 Å². The topological polar surface area (TPSA) is 77.2 Å². The number of carbonyl (C=O) groups is 1. The number of aryl methyl sites for hydroxylation is 1. The number of nitrogen functional groups attached to an aromatic ring is 1. The Labute approximate surface area is 117 Å². The van der Waals surface area contributed by atoms with Crippen molar-refractivity contribution < 1.29 is 9.53 Å². The molecular weight excluding hydrogens is 254 g/mol. The molecule has 1 amide bonds. The van der Waals surface area contributed by atoms with E-state index in [4.69, 9.17) is 10.5 Å². The van der Waals surface area contributed by atoms with Crippen molar-refractivity contribution in [3.8, 4) is 5.75 Å². The summed E-state index contributed by atoms with van der Waals surface area (Å²) < 4.78 is 5.46. The van der Waals surface area contributed by atoms with Crippen molar-refractivity contribution in [3.05, 3.63) is 47.8 Å². The fraction of sp³-hybridized carbons (Fsp3) is 0.200. The number of hydrogen-bond donors (Lipinski definition) is 2. The highest BCUT2D eigenvalue weighted by Crippen LogP contribution is 2.27. The number of pyridine rings is 1. The van der Waals surface area contributed by atoms with Crippen LogP contribution in [0.2, 0.25) is 0 Å². The minimum absolute atomic E-state index is 0.255. The van der Waals surface area contributed by atoms with Gasteiger partial charge in [-0.1, -0.05) is 6.07 Å². The van der Waals surface area contributed by atoms with Crippen LogP contribution in [-0.4, -0.2) is 17.5 Å². The van der Waals surface area contributed by atoms with Gasteiger partial charge in [0.25, 0.3) is 5.91 Å². The molecule has 0 saturated heterocycles. The molecule has 0 bridgehead atoms. The van der Waals surface area contributed by atoms with E-state index >= 15 is 0 Å². The largest absolute Gasteiger partial charge is 0.491 e. The predicted octanol–water partition coefficient (Wildman–Crippen LogP) is 2.62. The van der Waals surface area contributed by atoms with Crippen LogP contribution in [0.15, 0.2) is 36.7 Å². The minimum Gasteiger partial charge on any atom is -0.491 e. The molecule has 0 unspecified atom stereocenters. The van der Waals surface area contributed by atoms with Gasteiger partial charge in [0.15, 0.2) is 5.75 Å². The summed E-state index contributed by atoms with van der Waals surface area (Å²) in [6.45, 7) is 4.18. The molecule has 0 aliphatic heterocycles. The van der Waals surface area contributed by atoms with E-state index in [-0.39, 0.29) is 5.91 Å². The molecule has 3 N–H and O–H groups in total. The number of para-hydroxylation sites is 1. The molecule has 1 aromatic heterocycles. The zero-order chi connectivity index (χ0) is 14.5. The SMILES string of the molecule is CCOc1c(N)cccc1C(=O)Nc1ccncc1C. The lowest BCUT2D eigenvalue weighted by Gasteiger charge is -2.13. The smallest absolute Gasteiger partial charge is 0.259 e. The number of rotatable bonds is 4. The van der Waals surface area contributed by atoms with Crippen LogP contribution >= 0.6 is 0 Å². The third-order valence-electron chi connectivity index (χ3n) is 2.85. The fourth-order valence-electron chi connectivity index (χ4n) is 1.84. The number of aromatic nitrogens is 1. The molecule has 104 valence electrons. The summed E-state index contributed by atoms with van der Waals surface area (Å²) in [6.07, 6.45) is 3.32. The first-order valence-electron chi connectivity index (χ1n) is 6.36. The van der Waals surface area contributed by atoms with Crippen LogP contribution in [0.5, 0.6) is 5.75 Å². The maximum Gasteiger partial charge on any atom is 0.259 e. The molecule has 0 spiro atoms. The van der Waals surface area contributed by atoms with Crippen LogP contribution in [0.25, 0.3) is 0 Å². The summed E-state index contributed by atoms with van der Waals surface area (Å²) in [5, 5.41) is 2.84. The molecule has 0 radical (unpaired) electrons. The van der Waals surface area contributed by atoms with Gasteiger partial charge in [-0.3, -0.25) is 9.78 Å². The molecule has 0 atom stereocenters. The third-order valence-corrected chi connectivity index (χ3v) is 2.85. The highest BCUT2D eigenvalue weighted by atomic mass is 16.5. The third kappa shape index (κ3) is 2.88. The van der Waals surface area contributed by atoms with E-state index in [1.165, 1.54) is 0 Å². The average molecular weight is 271 g/mol. The summed E-state index contributed by atoms with van der Waals surface area (Å²) in [5.74, 6) is 0.161. The fourth-order valence-corrected chi connectivity index (χ4v) is 1.84. The standard InChI is InChI=1S/C15H17N3O2/c1-3-20-14-11(5-4-6-12(14)16)15(19)18-13-7-8-17-9-10(13)2/h4-9H,3,16H2,1-2H3,(H,17,18,19). The lowest BCUT2D eigenvalue weighted by atomic mass is 10.1. The van der Waals surface area contributed by atoms with Crippen LogP contribution < -0.4 is 15.8 Å². The van der Waals surface area contributed by atoms with Crippen LogP contribution in [0.4, 0.5) is 11.4 Å². The molecule has 2 aromatic rings. The summed E-state index contributed by atoms with van der Waals surface area (Å²) in [5.41, 5.74) is 8.33. The summed E-state index contributed by atoms with van der Waals surface area (Å²) >= 11 is 0. The Hall–Kier alpha value is -2.56. The van der Waals surface area contributed by atoms with Crippen LogP contribution in [0.3, 0.4) is 0 Å². The lowest BCUT2D eigenvalue weighted by Crippen LogP contribution is -2.15. The number of nitrogens with one attached hydrogen (secondary N) is 1. The number of nitrogens with zero attached hydrogens (tertiary/aromatic N) is 1. The highest BCUT2D eigenvalue weighted by Gasteiger charge is 2.15. The Balaban J connectivity index is 2.30. The van der Waals surface area contributed by atoms with Gasteiger partial charge in [-0.15, -0.1) is 0 Å². The van der Waals surface area contributed by atoms with Gasteiger partial charge >= 0.3 is 0 Å². The molecule has 0 fully saturated rings. The van der Waals surface area contributed by atoms with Crippen molar-refractivity contribution in [2.24, 2.45) is 0 Å². The highest BCUT2D eigenvalue weighted by molar-refractivity contribution is 6.07. The molecule has 2 rings (SSSR count). The maximum atomic E-state index is 12.3. The van der Waals surface area contributed by atoms with Crippen LogP contribution in [0.1, 0.15) is 22.8 Å². The zero-order valence-corrected chi connectivity index (χ0v) is 11.5. The molecule has 5 nitrogen and oxygen atoms in total. The molecule has 5 heteroatoms. The van der Waals surface area contributed by atoms with Crippen molar-refractivity contribution in [2.75, 3.05) is 17.7 Å². The summed E-state index contributed by atoms with van der Waals surface area (Å²) in [4.78, 5) is 16.3. The first-order valence-corrected chi connectivity index (χ1v) is 6.36. The van der Waals surface area contributed by atoms with E-state index in [0.29, 0.717) is 23.6 Å². The van der Waals surface area contributed by atoms with Crippen LogP contribution in [-0.2, 0) is 0 Å². The van der Waals surface area contributed by atoms with Crippen molar-refractivity contribution in [1.29, 1.82) is 0 Å². The van der Waals surface area contributed by atoms with E-state index in [1.54, 1.807) is 36.7 Å². The molecule has 0 aliphatic carbocycles. The number of ether oxygens (including phenoxy) is 1. The van der Waals surface area contributed by atoms with Gasteiger partial charge in [-0.25, -0.2) is 0 Å². The maximum absolute atomic E-state index is 12.3. The van der Waals surface area contributed by atoms with Gasteiger partial charge < -0.3 is 15.8 Å². The van der Waals surface area contributed by atoms with Crippen LogP contribution in [0, 0.1) is 6.92 Å². The zero-order valence-electron chi connectivity index (χ0n) is 11.5. The van der Waals surface area contributed by atoms with Gasteiger partial charge in [0.05, 0.1) is 17.9 Å². The number of anilines is 2. The first-order chi connectivity index (χ1) is 9.63. The molecule has 0 saturated carbocycles. The number of benzene rings is 1. The van der Waals surface area contributed by atoms with Gasteiger partial charge in [-0.2, -0.15) is 0 Å². The molecule has 0 aliphatic rings. The first kappa shape index (κ1) is 13.9. The molecule has 1 aromatic carbocycles. The second kappa shape index (κ2) is 6.06. The second-order valence-corrected chi connectivity index (χ2v) is 4.30. The Morgan fingerprint density at radius 3 is 2.90 bits per heavy atom. The quantitative estimate of drug-likeness (QED) is 0.838. The second-order valence-electron chi connectivity index (χ2n) is 4.30. The number of hydrogen-bond acceptors (Lipinski definition) is 4. The van der Waals surface area contributed by atoms with E-state index in [0.717, 1.165) is 11.3 Å². The lowest BCUT2D eigenvalue weighted by molar-refractivity contribution is 0.102. The average Bonchev–Trinajstić information content (AvgIpc) is 2.43. The Morgan fingerprint density at radius 1 is 1.40 bits per heavy atom. The molecule has 1 heterocycles. The van der Waals surface area contributed by atoms with Crippen molar-refractivity contribution in [1.82, 2.24) is 4.98 Å². The number of carbonyl (C=O) groups excluding carboxylic acids is 1. The number of amides is 1. The summed E-state index contributed by atoms with van der Waals surface area (Å²) in [7, 11) is 0. The predicted molar refractivity (Wildman–Crippen MR) is 79.0 cm³/mol. The Bertz CT molecular complexity index is 626. The van der Waals surface area contributed by atoms with Gasteiger partial charge in [0.1, 0.15) is 0 Å². The Morgan fingerprint density at radius 2 is 2.20 bits per heavy atom. The van der Waals surface area contributed by atoms with Gasteiger partial charge in [0, 0.05) is 18.1 Å². The monoisotopic (exact) mass is 271 g/mol. The summed E-state index contributed by atoms with van der Waals surface area (Å²) in [6, 6.07) is 6.87. The molecular formula is C15H17N3O2. The van der Waals surface area contributed by atoms with Crippen molar-refractivity contribution in [2.45, 2.75) is 13.8 Å². The van der Waals surface area contributed by atoms with Gasteiger partial charge in [0.2, 0.25) is 0 Å². The Kier molecular flexibility index (Phi) is 4.20. The van der Waals surface area contributed by atoms with E-state index in [9.17, 15) is 4.79 Å². The van der Waals surface area contributed by atoms with Crippen molar-refractivity contribution >= 4 is 17.3 Å². The van der Waals surface area contributed by atoms with E-state index in [2.05, 4.69) is 10.3 Å². The minimum atomic E-state index is -0.255. The molecule has 20 heavy (non-hydrogen) atoms. The van der Waals surface area contributed by atoms with E-state index in [1.807, 2.05) is 13.8 Å². The number of nitrogens with two attached hydrogens (primary N) is 1. The van der Waals surface area contributed by atoms with Gasteiger partial charge in [-0.05, 0) is 37.6 Å².